The molecule has 2 rings (SSSR count). The van der Waals surface area contributed by atoms with Gasteiger partial charge in [0.15, 0.2) is 0 Å². The molecule has 0 bridgehead atoms. The van der Waals surface area contributed by atoms with E-state index in [-0.39, 0.29) is 36.5 Å². The topological polar surface area (TPSA) is 161 Å². The van der Waals surface area contributed by atoms with E-state index in [0.29, 0.717) is 11.3 Å². The van der Waals surface area contributed by atoms with Crippen molar-refractivity contribution < 1.29 is 56.9 Å². The molecule has 0 saturated heterocycles. The Labute approximate surface area is 168 Å². The first-order valence-corrected chi connectivity index (χ1v) is 9.29. The second-order valence-corrected chi connectivity index (χ2v) is 7.57. The summed E-state index contributed by atoms with van der Waals surface area (Å²) in [7, 11) is -9.94. The van der Waals surface area contributed by atoms with E-state index in [1.807, 2.05) is 0 Å². The third-order valence-electron chi connectivity index (χ3n) is 3.08. The van der Waals surface area contributed by atoms with Gasteiger partial charge in [-0.3, -0.25) is 9.11 Å². The molecule has 0 heterocycles. The standard InChI is InChI=1S/C14H14N2O6S2.Na.H/c15-11-6-2-9(3-7-11)1-4-10-5-8-12(16)14(24(20,21)22)13(10)23(17,18)19;;/h1-8H,15-16H2,(H,17,18,19)(H,20,21,22);;/q;+1;-1. The van der Waals surface area contributed by atoms with E-state index < -0.39 is 35.7 Å². The molecule has 0 aromatic heterocycles. The van der Waals surface area contributed by atoms with Crippen LogP contribution in [-0.4, -0.2) is 25.9 Å². The van der Waals surface area contributed by atoms with E-state index in [1.165, 1.54) is 18.2 Å². The number of anilines is 2. The quantitative estimate of drug-likeness (QED) is 0.214. The van der Waals surface area contributed by atoms with Crippen molar-refractivity contribution in [3.05, 3.63) is 47.5 Å². The van der Waals surface area contributed by atoms with Crippen molar-refractivity contribution >= 4 is 43.8 Å². The summed E-state index contributed by atoms with van der Waals surface area (Å²) in [6.45, 7) is 0. The monoisotopic (exact) mass is 394 g/mol. The molecule has 0 radical (unpaired) electrons. The maximum atomic E-state index is 11.6. The number of nitrogen functional groups attached to an aromatic ring is 2. The maximum Gasteiger partial charge on any atom is 1.00 e. The van der Waals surface area contributed by atoms with E-state index in [2.05, 4.69) is 0 Å². The van der Waals surface area contributed by atoms with Crippen molar-refractivity contribution in [3.8, 4) is 0 Å². The van der Waals surface area contributed by atoms with Crippen molar-refractivity contribution in [1.29, 1.82) is 0 Å². The molecule has 11 heteroatoms. The van der Waals surface area contributed by atoms with Crippen LogP contribution in [0.3, 0.4) is 0 Å². The molecule has 0 fully saturated rings. The van der Waals surface area contributed by atoms with Gasteiger partial charge in [-0.15, -0.1) is 0 Å². The van der Waals surface area contributed by atoms with Gasteiger partial charge in [-0.25, -0.2) is 0 Å². The zero-order valence-corrected chi connectivity index (χ0v) is 16.8. The molecule has 0 aliphatic rings. The van der Waals surface area contributed by atoms with Crippen molar-refractivity contribution in [2.45, 2.75) is 9.79 Å². The molecule has 2 aromatic carbocycles. The van der Waals surface area contributed by atoms with Gasteiger partial charge in [-0.2, -0.15) is 16.8 Å². The van der Waals surface area contributed by atoms with Crippen LogP contribution in [0.15, 0.2) is 46.2 Å². The van der Waals surface area contributed by atoms with Gasteiger partial charge in [-0.05, 0) is 29.3 Å². The summed E-state index contributed by atoms with van der Waals surface area (Å²) in [6, 6.07) is 8.87. The average Bonchev–Trinajstić information content (AvgIpc) is 2.45. The molecule has 0 spiro atoms. The summed E-state index contributed by atoms with van der Waals surface area (Å²) in [6.07, 6.45) is 2.75. The summed E-state index contributed by atoms with van der Waals surface area (Å²) < 4.78 is 64.7. The minimum Gasteiger partial charge on any atom is -1.00 e. The number of nitrogens with two attached hydrogens (primary N) is 2. The number of hydrogen-bond donors (Lipinski definition) is 4. The van der Waals surface area contributed by atoms with Crippen LogP contribution in [0.5, 0.6) is 0 Å². The molecule has 2 aromatic rings. The van der Waals surface area contributed by atoms with Crippen LogP contribution in [0, 0.1) is 0 Å². The Kier molecular flexibility index (Phi) is 6.81. The number of benzene rings is 2. The second-order valence-electron chi connectivity index (χ2n) is 4.85. The van der Waals surface area contributed by atoms with Crippen molar-refractivity contribution in [2.24, 2.45) is 0 Å². The Hall–Kier alpha value is -1.40. The molecule has 0 saturated carbocycles. The van der Waals surface area contributed by atoms with E-state index in [1.54, 1.807) is 24.3 Å². The molecule has 6 N–H and O–H groups in total. The van der Waals surface area contributed by atoms with E-state index in [9.17, 15) is 25.9 Å². The third kappa shape index (κ3) is 5.28. The van der Waals surface area contributed by atoms with Crippen molar-refractivity contribution in [2.75, 3.05) is 11.5 Å². The van der Waals surface area contributed by atoms with Crippen molar-refractivity contribution in [3.63, 3.8) is 0 Å². The van der Waals surface area contributed by atoms with Crippen LogP contribution in [0.25, 0.3) is 12.2 Å². The van der Waals surface area contributed by atoms with Gasteiger partial charge in [0.25, 0.3) is 20.2 Å². The molecular weight excluding hydrogens is 379 g/mol. The average molecular weight is 394 g/mol. The van der Waals surface area contributed by atoms with Gasteiger partial charge in [-0.1, -0.05) is 30.4 Å². The molecule has 0 unspecified atom stereocenters. The molecular formula is C14H15N2NaO6S2. The van der Waals surface area contributed by atoms with Crippen LogP contribution in [0.4, 0.5) is 11.4 Å². The van der Waals surface area contributed by atoms with E-state index in [0.717, 1.165) is 6.07 Å². The van der Waals surface area contributed by atoms with E-state index in [4.69, 9.17) is 11.5 Å². The number of rotatable bonds is 4. The molecule has 130 valence electrons. The molecule has 25 heavy (non-hydrogen) atoms. The SMILES string of the molecule is Nc1ccc(C=Cc2ccc(N)c(S(=O)(=O)O)c2S(=O)(=O)O)cc1.[H-].[Na+]. The molecule has 0 amide bonds. The Bertz CT molecular complexity index is 1020. The predicted molar refractivity (Wildman–Crippen MR) is 91.4 cm³/mol. The Balaban J connectivity index is 0.00000312. The Morgan fingerprint density at radius 1 is 0.800 bits per heavy atom. The zero-order valence-electron chi connectivity index (χ0n) is 14.1. The van der Waals surface area contributed by atoms with Gasteiger partial charge in [0, 0.05) is 5.69 Å². The van der Waals surface area contributed by atoms with Gasteiger partial charge in [0.1, 0.15) is 9.79 Å². The van der Waals surface area contributed by atoms with Crippen LogP contribution in [-0.2, 0) is 20.2 Å². The minimum absolute atomic E-state index is 0. The van der Waals surface area contributed by atoms with Gasteiger partial charge in [0.2, 0.25) is 0 Å². The predicted octanol–water partition coefficient (Wildman–Crippen LogP) is -1.37. The summed E-state index contributed by atoms with van der Waals surface area (Å²) in [5.74, 6) is 0. The summed E-state index contributed by atoms with van der Waals surface area (Å²) >= 11 is 0. The second kappa shape index (κ2) is 7.87. The molecule has 0 atom stereocenters. The molecule has 0 aliphatic carbocycles. The minimum atomic E-state index is -4.97. The first kappa shape index (κ1) is 21.6. The Morgan fingerprint density at radius 2 is 1.32 bits per heavy atom. The molecule has 8 nitrogen and oxygen atoms in total. The fraction of sp³-hybridized carbons (Fsp3) is 0. The summed E-state index contributed by atoms with van der Waals surface area (Å²) in [4.78, 5) is -2.05. The largest absolute Gasteiger partial charge is 1.00 e. The van der Waals surface area contributed by atoms with Gasteiger partial charge < -0.3 is 12.9 Å². The number of hydrogen-bond acceptors (Lipinski definition) is 6. The van der Waals surface area contributed by atoms with E-state index >= 15 is 0 Å². The Morgan fingerprint density at radius 3 is 1.80 bits per heavy atom. The molecule has 0 aliphatic heterocycles. The first-order chi connectivity index (χ1) is 11.0. The fourth-order valence-electron chi connectivity index (χ4n) is 2.05. The van der Waals surface area contributed by atoms with Gasteiger partial charge in [0.05, 0.1) is 5.69 Å². The van der Waals surface area contributed by atoms with Gasteiger partial charge >= 0.3 is 29.6 Å². The van der Waals surface area contributed by atoms with Crippen LogP contribution in [0.2, 0.25) is 0 Å². The summed E-state index contributed by atoms with van der Waals surface area (Å²) in [5.41, 5.74) is 11.5. The first-order valence-electron chi connectivity index (χ1n) is 6.41. The van der Waals surface area contributed by atoms with Crippen LogP contribution in [0.1, 0.15) is 12.6 Å². The smallest absolute Gasteiger partial charge is 1.00 e. The third-order valence-corrected chi connectivity index (χ3v) is 5.12. The van der Waals surface area contributed by atoms with Crippen LogP contribution < -0.4 is 41.0 Å². The van der Waals surface area contributed by atoms with Crippen molar-refractivity contribution in [1.82, 2.24) is 0 Å². The maximum absolute atomic E-state index is 11.6. The normalized spacial score (nSPS) is 12.1. The zero-order chi connectivity index (χ0) is 18.1. The fourth-order valence-corrected chi connectivity index (χ4v) is 4.19. The van der Waals surface area contributed by atoms with Crippen LogP contribution >= 0.6 is 0 Å². The summed E-state index contributed by atoms with van der Waals surface area (Å²) in [5, 5.41) is 0.